The SMILES string of the molecule is CCN1CCC(n2c([C@@H](C)O)nc3cnc4[nH]ccc4c32)C(F)(F)C1. The summed E-state index contributed by atoms with van der Waals surface area (Å²) < 4.78 is 31.5. The van der Waals surface area contributed by atoms with E-state index < -0.39 is 18.1 Å². The number of alkyl halides is 2. The smallest absolute Gasteiger partial charge is 0.280 e. The molecule has 1 aliphatic rings. The van der Waals surface area contributed by atoms with E-state index in [0.29, 0.717) is 36.2 Å². The molecule has 0 aromatic carbocycles. The van der Waals surface area contributed by atoms with Crippen molar-refractivity contribution >= 4 is 22.1 Å². The molecular formula is C17H21F2N5O. The number of H-pyrrole nitrogens is 1. The number of halogens is 2. The number of imidazole rings is 1. The molecule has 0 spiro atoms. The Bertz CT molecular complexity index is 916. The number of aliphatic hydroxyl groups is 1. The summed E-state index contributed by atoms with van der Waals surface area (Å²) in [6, 6.07) is 0.777. The predicted octanol–water partition coefficient (Wildman–Crippen LogP) is 2.87. The quantitative estimate of drug-likeness (QED) is 0.763. The lowest BCUT2D eigenvalue weighted by Gasteiger charge is -2.39. The van der Waals surface area contributed by atoms with Crippen molar-refractivity contribution in [1.82, 2.24) is 24.4 Å². The molecule has 0 amide bonds. The molecule has 0 aliphatic carbocycles. The van der Waals surface area contributed by atoms with Gasteiger partial charge in [-0.1, -0.05) is 6.92 Å². The van der Waals surface area contributed by atoms with Gasteiger partial charge in [0.05, 0.1) is 18.3 Å². The highest BCUT2D eigenvalue weighted by Gasteiger charge is 2.47. The van der Waals surface area contributed by atoms with Crippen molar-refractivity contribution in [3.8, 4) is 0 Å². The minimum atomic E-state index is -2.91. The molecule has 1 aliphatic heterocycles. The largest absolute Gasteiger partial charge is 0.385 e. The van der Waals surface area contributed by atoms with Crippen LogP contribution in [0, 0.1) is 0 Å². The lowest BCUT2D eigenvalue weighted by atomic mass is 9.99. The van der Waals surface area contributed by atoms with Crippen LogP contribution in [0.2, 0.25) is 0 Å². The first-order valence-corrected chi connectivity index (χ1v) is 8.54. The van der Waals surface area contributed by atoms with Gasteiger partial charge in [-0.15, -0.1) is 0 Å². The van der Waals surface area contributed by atoms with Gasteiger partial charge in [0, 0.05) is 18.1 Å². The fraction of sp³-hybridized carbons (Fsp3) is 0.529. The molecule has 134 valence electrons. The van der Waals surface area contributed by atoms with E-state index in [1.54, 1.807) is 28.8 Å². The van der Waals surface area contributed by atoms with Crippen LogP contribution in [0.15, 0.2) is 18.5 Å². The molecule has 1 fully saturated rings. The second kappa shape index (κ2) is 5.74. The first-order chi connectivity index (χ1) is 11.9. The molecule has 2 atom stereocenters. The monoisotopic (exact) mass is 349 g/mol. The number of aliphatic hydroxyl groups excluding tert-OH is 1. The van der Waals surface area contributed by atoms with Crippen molar-refractivity contribution in [2.24, 2.45) is 0 Å². The zero-order chi connectivity index (χ0) is 17.8. The molecular weight excluding hydrogens is 328 g/mol. The Hall–Kier alpha value is -2.06. The number of hydrogen-bond donors (Lipinski definition) is 2. The summed E-state index contributed by atoms with van der Waals surface area (Å²) in [5.74, 6) is -2.64. The molecule has 25 heavy (non-hydrogen) atoms. The first kappa shape index (κ1) is 16.4. The second-order valence-corrected chi connectivity index (χ2v) is 6.68. The topological polar surface area (TPSA) is 70.0 Å². The van der Waals surface area contributed by atoms with Crippen LogP contribution >= 0.6 is 0 Å². The van der Waals surface area contributed by atoms with E-state index in [-0.39, 0.29) is 12.4 Å². The van der Waals surface area contributed by atoms with Crippen molar-refractivity contribution < 1.29 is 13.9 Å². The van der Waals surface area contributed by atoms with E-state index in [2.05, 4.69) is 15.0 Å². The second-order valence-electron chi connectivity index (χ2n) is 6.68. The van der Waals surface area contributed by atoms with Gasteiger partial charge < -0.3 is 14.7 Å². The van der Waals surface area contributed by atoms with Gasteiger partial charge in [-0.25, -0.2) is 18.7 Å². The average Bonchev–Trinajstić information content (AvgIpc) is 3.17. The molecule has 2 N–H and O–H groups in total. The molecule has 0 bridgehead atoms. The fourth-order valence-electron chi connectivity index (χ4n) is 3.81. The highest BCUT2D eigenvalue weighted by Crippen LogP contribution is 2.41. The third-order valence-corrected chi connectivity index (χ3v) is 5.03. The number of rotatable bonds is 3. The van der Waals surface area contributed by atoms with Crippen LogP contribution in [0.3, 0.4) is 0 Å². The number of fused-ring (bicyclic) bond motifs is 3. The van der Waals surface area contributed by atoms with E-state index in [1.807, 2.05) is 13.0 Å². The highest BCUT2D eigenvalue weighted by molar-refractivity contribution is 6.01. The van der Waals surface area contributed by atoms with Gasteiger partial charge in [-0.2, -0.15) is 0 Å². The summed E-state index contributed by atoms with van der Waals surface area (Å²) >= 11 is 0. The summed E-state index contributed by atoms with van der Waals surface area (Å²) in [5.41, 5.74) is 1.76. The van der Waals surface area contributed by atoms with Crippen LogP contribution in [-0.4, -0.2) is 55.1 Å². The molecule has 8 heteroatoms. The maximum atomic E-state index is 15.0. The summed E-state index contributed by atoms with van der Waals surface area (Å²) in [4.78, 5) is 13.5. The van der Waals surface area contributed by atoms with E-state index in [4.69, 9.17) is 0 Å². The normalized spacial score (nSPS) is 22.7. The number of aromatic amines is 1. The van der Waals surface area contributed by atoms with Gasteiger partial charge in [0.25, 0.3) is 5.92 Å². The molecule has 3 aromatic rings. The summed E-state index contributed by atoms with van der Waals surface area (Å²) in [6.45, 7) is 4.35. The van der Waals surface area contributed by atoms with E-state index >= 15 is 0 Å². The molecule has 3 aromatic heterocycles. The molecule has 0 radical (unpaired) electrons. The summed E-state index contributed by atoms with van der Waals surface area (Å²) in [5, 5.41) is 10.9. The van der Waals surface area contributed by atoms with E-state index in [0.717, 1.165) is 5.39 Å². The molecule has 1 saturated heterocycles. The van der Waals surface area contributed by atoms with Gasteiger partial charge in [0.1, 0.15) is 29.1 Å². The fourth-order valence-corrected chi connectivity index (χ4v) is 3.81. The molecule has 0 saturated carbocycles. The van der Waals surface area contributed by atoms with Crippen LogP contribution < -0.4 is 0 Å². The van der Waals surface area contributed by atoms with Crippen molar-refractivity contribution in [1.29, 1.82) is 0 Å². The van der Waals surface area contributed by atoms with Gasteiger partial charge in [0.2, 0.25) is 0 Å². The Morgan fingerprint density at radius 2 is 2.28 bits per heavy atom. The van der Waals surface area contributed by atoms with Crippen LogP contribution in [0.1, 0.15) is 38.2 Å². The number of piperidine rings is 1. The Balaban J connectivity index is 1.96. The zero-order valence-electron chi connectivity index (χ0n) is 14.2. The van der Waals surface area contributed by atoms with E-state index in [1.165, 1.54) is 0 Å². The lowest BCUT2D eigenvalue weighted by molar-refractivity contribution is -0.103. The predicted molar refractivity (Wildman–Crippen MR) is 90.7 cm³/mol. The van der Waals surface area contributed by atoms with Gasteiger partial charge >= 0.3 is 0 Å². The summed E-state index contributed by atoms with van der Waals surface area (Å²) in [6.07, 6.45) is 2.66. The average molecular weight is 349 g/mol. The molecule has 4 heterocycles. The van der Waals surface area contributed by atoms with Crippen molar-refractivity contribution in [3.63, 3.8) is 0 Å². The molecule has 1 unspecified atom stereocenters. The standard InChI is InChI=1S/C17H21F2N5O/c1-3-23-7-5-13(17(18,19)9-23)24-14-11-4-6-20-15(11)21-8-12(14)22-16(24)10(2)25/h4,6,8,10,13,25H,3,5,7,9H2,1-2H3,(H,20,21)/t10-,13?/m1/s1. The highest BCUT2D eigenvalue weighted by atomic mass is 19.3. The van der Waals surface area contributed by atoms with Crippen LogP contribution in [0.25, 0.3) is 22.1 Å². The Morgan fingerprint density at radius 1 is 1.48 bits per heavy atom. The van der Waals surface area contributed by atoms with Crippen LogP contribution in [0.4, 0.5) is 8.78 Å². The number of pyridine rings is 1. The maximum absolute atomic E-state index is 15.0. The van der Waals surface area contributed by atoms with Gasteiger partial charge in [0.15, 0.2) is 0 Å². The zero-order valence-corrected chi connectivity index (χ0v) is 14.2. The lowest BCUT2D eigenvalue weighted by Crippen LogP contribution is -2.49. The molecule has 6 nitrogen and oxygen atoms in total. The Labute approximate surface area is 143 Å². The number of likely N-dealkylation sites (tertiary alicyclic amines) is 1. The van der Waals surface area contributed by atoms with Gasteiger partial charge in [-0.3, -0.25) is 4.90 Å². The Kier molecular flexibility index (Phi) is 3.77. The van der Waals surface area contributed by atoms with Crippen molar-refractivity contribution in [2.75, 3.05) is 19.6 Å². The van der Waals surface area contributed by atoms with Gasteiger partial charge in [-0.05, 0) is 26.0 Å². The number of nitrogens with zero attached hydrogens (tertiary/aromatic N) is 4. The maximum Gasteiger partial charge on any atom is 0.280 e. The third-order valence-electron chi connectivity index (χ3n) is 5.03. The minimum Gasteiger partial charge on any atom is -0.385 e. The summed E-state index contributed by atoms with van der Waals surface area (Å²) in [7, 11) is 0. The number of aromatic nitrogens is 4. The minimum absolute atomic E-state index is 0.264. The van der Waals surface area contributed by atoms with E-state index in [9.17, 15) is 13.9 Å². The van der Waals surface area contributed by atoms with Crippen molar-refractivity contribution in [3.05, 3.63) is 24.3 Å². The third kappa shape index (κ3) is 2.51. The van der Waals surface area contributed by atoms with Crippen LogP contribution in [-0.2, 0) is 0 Å². The number of nitrogens with one attached hydrogen (secondary N) is 1. The Morgan fingerprint density at radius 3 is 2.96 bits per heavy atom. The van der Waals surface area contributed by atoms with Crippen molar-refractivity contribution in [2.45, 2.75) is 38.3 Å². The van der Waals surface area contributed by atoms with Crippen LogP contribution in [0.5, 0.6) is 0 Å². The first-order valence-electron chi connectivity index (χ1n) is 8.54. The number of hydrogen-bond acceptors (Lipinski definition) is 4. The molecule has 4 rings (SSSR count).